The Bertz CT molecular complexity index is 1630. The van der Waals surface area contributed by atoms with Crippen molar-refractivity contribution in [3.8, 4) is 0 Å². The second kappa shape index (κ2) is 13.0. The summed E-state index contributed by atoms with van der Waals surface area (Å²) >= 11 is 0. The molecule has 0 radical (unpaired) electrons. The van der Waals surface area contributed by atoms with Crippen molar-refractivity contribution in [1.29, 1.82) is 0 Å². The number of halogens is 2. The van der Waals surface area contributed by atoms with Crippen molar-refractivity contribution in [3.63, 3.8) is 0 Å². The first-order valence-corrected chi connectivity index (χ1v) is 10.4. The number of pyridine rings is 1. The molecule has 1 amide bonds. The average molecular weight is 535 g/mol. The number of hydrogen-bond donors (Lipinski definition) is 2. The Morgan fingerprint density at radius 1 is 1.03 bits per heavy atom. The van der Waals surface area contributed by atoms with E-state index in [1.165, 1.54) is 24.3 Å². The van der Waals surface area contributed by atoms with Gasteiger partial charge in [-0.1, -0.05) is 48.0 Å². The van der Waals surface area contributed by atoms with E-state index in [1.54, 1.807) is 36.7 Å². The number of fused-ring (bicyclic) bond motifs is 1. The van der Waals surface area contributed by atoms with E-state index in [9.17, 15) is 9.59 Å². The smallest absolute Gasteiger partial charge is 0.338 e. The first-order chi connectivity index (χ1) is 19.5. The second-order valence-electron chi connectivity index (χ2n) is 7.60. The van der Waals surface area contributed by atoms with Gasteiger partial charge in [0.1, 0.15) is 6.61 Å². The maximum absolute atomic E-state index is 13.2. The monoisotopic (exact) mass is 533 g/mol. The highest BCUT2D eigenvalue weighted by Gasteiger charge is 2.19. The molecule has 0 aliphatic rings. The van der Waals surface area contributed by atoms with E-state index in [1.807, 2.05) is 0 Å². The molecule has 1 atom stereocenters. The molecule has 0 aliphatic heterocycles. The van der Waals surface area contributed by atoms with Gasteiger partial charge >= 0.3 is 5.97 Å². The van der Waals surface area contributed by atoms with E-state index in [2.05, 4.69) is 10.3 Å². The lowest BCUT2D eigenvalue weighted by molar-refractivity contribution is -0.117. The van der Waals surface area contributed by atoms with Gasteiger partial charge in [-0.25, -0.2) is 4.79 Å². The molecule has 0 unspecified atom stereocenters. The number of nitrogens with one attached hydrogen (secondary N) is 1. The quantitative estimate of drug-likeness (QED) is 0.295. The lowest BCUT2D eigenvalue weighted by Crippen LogP contribution is -2.27. The molecule has 3 aromatic carbocycles. The number of hydrogen-bond acceptors (Lipinski definition) is 5. The Hall–Kier alpha value is -3.45. The van der Waals surface area contributed by atoms with Crippen molar-refractivity contribution >= 4 is 53.2 Å². The van der Waals surface area contributed by atoms with Crippen molar-refractivity contribution < 1.29 is 25.3 Å². The number of aromatic nitrogens is 1. The van der Waals surface area contributed by atoms with Gasteiger partial charge in [0, 0.05) is 40.9 Å². The molecule has 1 aromatic heterocycles. The van der Waals surface area contributed by atoms with Crippen LogP contribution in [0.3, 0.4) is 0 Å². The molecule has 188 valence electrons. The number of nitrogens with two attached hydrogens (primary N) is 1. The van der Waals surface area contributed by atoms with Crippen LogP contribution in [0.1, 0.15) is 49.5 Å². The fourth-order valence-corrected chi connectivity index (χ4v) is 3.45. The third-order valence-electron chi connectivity index (χ3n) is 5.26. The number of carbonyl (C=O) groups excluding carboxylic acids is 2. The number of rotatable bonds is 7. The number of nitrogens with zero attached hydrogens (tertiary/aromatic N) is 1. The lowest BCUT2D eigenvalue weighted by atomic mass is 9.97. The van der Waals surface area contributed by atoms with E-state index in [4.69, 9.17) is 21.4 Å². The summed E-state index contributed by atoms with van der Waals surface area (Å²) in [5, 5.41) is 4.43. The topological polar surface area (TPSA) is 94.3 Å². The fourth-order valence-electron chi connectivity index (χ4n) is 3.45. The second-order valence-corrected chi connectivity index (χ2v) is 7.60. The zero-order valence-electron chi connectivity index (χ0n) is 26.9. The van der Waals surface area contributed by atoms with Crippen molar-refractivity contribution in [1.82, 2.24) is 4.98 Å². The highest BCUT2D eigenvalue weighted by atomic mass is 35.5. The largest absolute Gasteiger partial charge is 0.457 e. The third kappa shape index (κ3) is 6.82. The van der Waals surface area contributed by atoms with Gasteiger partial charge in [0.15, 0.2) is 0 Å². The van der Waals surface area contributed by atoms with Crippen molar-refractivity contribution in [2.24, 2.45) is 5.73 Å². The first kappa shape index (κ1) is 18.8. The molecular weight excluding hydrogens is 497 g/mol. The van der Waals surface area contributed by atoms with E-state index in [-0.39, 0.29) is 48.1 Å². The zero-order chi connectivity index (χ0) is 30.9. The Morgan fingerprint density at radius 2 is 1.83 bits per heavy atom. The summed E-state index contributed by atoms with van der Waals surface area (Å²) in [5.41, 5.74) is 6.05. The number of ether oxygens (including phenoxy) is 1. The maximum atomic E-state index is 13.2. The van der Waals surface area contributed by atoms with Crippen molar-refractivity contribution in [3.05, 3.63) is 107 Å². The van der Waals surface area contributed by atoms with Crippen LogP contribution in [0.25, 0.3) is 10.8 Å². The van der Waals surface area contributed by atoms with Crippen molar-refractivity contribution in [2.75, 3.05) is 11.8 Å². The van der Waals surface area contributed by atoms with Crippen LogP contribution in [-0.2, 0) is 16.1 Å². The average Bonchev–Trinajstić information content (AvgIpc) is 2.90. The van der Waals surface area contributed by atoms with Crippen LogP contribution in [0, 0.1) is 13.7 Å². The van der Waals surface area contributed by atoms with Crippen LogP contribution in [0.2, 0.25) is 0 Å². The van der Waals surface area contributed by atoms with Gasteiger partial charge in [0.05, 0.1) is 11.5 Å². The highest BCUT2D eigenvalue weighted by Crippen LogP contribution is 2.22. The fraction of sp³-hybridized carbons (Fsp3) is 0.179. The molecule has 0 spiro atoms. The predicted molar refractivity (Wildman–Crippen MR) is 148 cm³/mol. The van der Waals surface area contributed by atoms with Gasteiger partial charge in [-0.15, -0.1) is 24.8 Å². The van der Waals surface area contributed by atoms with E-state index >= 15 is 0 Å². The van der Waals surface area contributed by atoms with Gasteiger partial charge in [0.25, 0.3) is 0 Å². The molecule has 4 rings (SSSR count). The van der Waals surface area contributed by atoms with Gasteiger partial charge in [-0.2, -0.15) is 0 Å². The summed E-state index contributed by atoms with van der Waals surface area (Å²) in [7, 11) is 0. The van der Waals surface area contributed by atoms with Crippen LogP contribution in [0.15, 0.2) is 79.1 Å². The number of amides is 1. The number of benzene rings is 3. The molecule has 4 aromatic rings. The standard InChI is InChI=1S/C28H27N3O3.2ClH/c1-18-3-10-25(19(2)13-18)28(33)34-17-20-4-6-21(7-5-20)26(15-29)27(32)31-24-9-8-23-16-30-12-11-22(23)14-24;;/h3-14,16,26H,15,17,29H2,1-2H3,(H,31,32);2*1H/t26-;;/m1../s1/i1D3,2D3,15D2;;. The summed E-state index contributed by atoms with van der Waals surface area (Å²) in [5.74, 6) is -2.99. The first-order valence-electron chi connectivity index (χ1n) is 14.4. The normalized spacial score (nSPS) is 15.5. The molecule has 1 heterocycles. The highest BCUT2D eigenvalue weighted by molar-refractivity contribution is 5.98. The van der Waals surface area contributed by atoms with Crippen LogP contribution >= 0.6 is 24.8 Å². The Morgan fingerprint density at radius 3 is 2.56 bits per heavy atom. The lowest BCUT2D eigenvalue weighted by Gasteiger charge is -2.16. The molecule has 3 N–H and O–H groups in total. The minimum Gasteiger partial charge on any atom is -0.457 e. The summed E-state index contributed by atoms with van der Waals surface area (Å²) in [6.07, 6.45) is 3.31. The van der Waals surface area contributed by atoms with Gasteiger partial charge in [-0.05, 0) is 60.0 Å². The minimum absolute atomic E-state index is 0. The minimum atomic E-state index is -2.75. The van der Waals surface area contributed by atoms with E-state index in [0.29, 0.717) is 11.3 Å². The maximum Gasteiger partial charge on any atom is 0.338 e. The van der Waals surface area contributed by atoms with Crippen LogP contribution < -0.4 is 11.1 Å². The molecule has 0 saturated carbocycles. The Balaban J connectivity index is 0.00000337. The van der Waals surface area contributed by atoms with Gasteiger partial charge in [0.2, 0.25) is 5.91 Å². The van der Waals surface area contributed by atoms with Crippen LogP contribution in [0.5, 0.6) is 0 Å². The summed E-state index contributed by atoms with van der Waals surface area (Å²) in [4.78, 5) is 30.0. The number of aryl methyl sites for hydroxylation is 2. The number of anilines is 1. The number of esters is 1. The summed E-state index contributed by atoms with van der Waals surface area (Å²) < 4.78 is 67.2. The molecule has 0 bridgehead atoms. The molecule has 0 fully saturated rings. The molecular formula is C28H29Cl2N3O3. The Labute approximate surface area is 234 Å². The predicted octanol–water partition coefficient (Wildman–Crippen LogP) is 5.73. The zero-order valence-corrected chi connectivity index (χ0v) is 20.5. The van der Waals surface area contributed by atoms with Gasteiger partial charge in [-0.3, -0.25) is 9.78 Å². The van der Waals surface area contributed by atoms with Crippen LogP contribution in [-0.4, -0.2) is 23.4 Å². The number of carbonyl (C=O) groups is 2. The summed E-state index contributed by atoms with van der Waals surface area (Å²) in [6, 6.07) is 16.3. The molecule has 6 nitrogen and oxygen atoms in total. The van der Waals surface area contributed by atoms with Gasteiger partial charge < -0.3 is 15.8 Å². The molecule has 0 aliphatic carbocycles. The molecule has 0 saturated heterocycles. The van der Waals surface area contributed by atoms with Crippen molar-refractivity contribution in [2.45, 2.75) is 26.2 Å². The molecule has 8 heteroatoms. The third-order valence-corrected chi connectivity index (χ3v) is 5.26. The molecule has 36 heavy (non-hydrogen) atoms. The van der Waals surface area contributed by atoms with Crippen LogP contribution in [0.4, 0.5) is 5.69 Å². The SMILES string of the molecule is Cl.Cl.[2H]C([2H])([2H])c1ccc(C(=O)OCc2ccc([C@H](C(=O)Nc3ccc4cnccc4c3)C([2H])([2H])N)cc2)c(C([2H])([2H])[2H])c1. The summed E-state index contributed by atoms with van der Waals surface area (Å²) in [6.45, 7) is -7.98. The Kier molecular flexibility index (Phi) is 6.79. The van der Waals surface area contributed by atoms with E-state index in [0.717, 1.165) is 29.0 Å². The van der Waals surface area contributed by atoms with E-state index < -0.39 is 43.6 Å².